The maximum atomic E-state index is 12.2. The third-order valence-electron chi connectivity index (χ3n) is 2.83. The molecule has 0 aliphatic heterocycles. The molecule has 0 radical (unpaired) electrons. The second-order valence-corrected chi connectivity index (χ2v) is 4.61. The van der Waals surface area contributed by atoms with Crippen LogP contribution in [0.4, 0.5) is 13.2 Å². The second-order valence-electron chi connectivity index (χ2n) is 4.61. The van der Waals surface area contributed by atoms with Crippen molar-refractivity contribution in [3.8, 4) is 22.9 Å². The van der Waals surface area contributed by atoms with Crippen LogP contribution >= 0.6 is 0 Å². The van der Waals surface area contributed by atoms with E-state index in [0.29, 0.717) is 16.8 Å². The Morgan fingerprint density at radius 3 is 2.68 bits per heavy atom. The van der Waals surface area contributed by atoms with Crippen LogP contribution in [0.2, 0.25) is 0 Å². The molecule has 114 valence electrons. The minimum Gasteiger partial charge on any atom is -0.484 e. The number of alkyl halides is 3. The number of nitriles is 1. The number of aryl methyl sites for hydroxylation is 1. The fraction of sp³-hybridized carbons (Fsp3) is 0.200. The third kappa shape index (κ3) is 3.67. The van der Waals surface area contributed by atoms with Gasteiger partial charge >= 0.3 is 6.18 Å². The highest BCUT2D eigenvalue weighted by Crippen LogP contribution is 2.27. The van der Waals surface area contributed by atoms with Gasteiger partial charge in [-0.1, -0.05) is 12.1 Å². The highest BCUT2D eigenvalue weighted by Gasteiger charge is 2.28. The van der Waals surface area contributed by atoms with Crippen molar-refractivity contribution in [2.45, 2.75) is 13.1 Å². The first-order valence-electron chi connectivity index (χ1n) is 6.24. The van der Waals surface area contributed by atoms with Gasteiger partial charge in [0.1, 0.15) is 17.4 Å². The van der Waals surface area contributed by atoms with Crippen molar-refractivity contribution in [3.05, 3.63) is 51.9 Å². The van der Waals surface area contributed by atoms with Crippen molar-refractivity contribution in [2.24, 2.45) is 0 Å². The summed E-state index contributed by atoms with van der Waals surface area (Å²) < 4.78 is 41.2. The average Bonchev–Trinajstić information content (AvgIpc) is 2.44. The second kappa shape index (κ2) is 5.93. The van der Waals surface area contributed by atoms with Gasteiger partial charge in [0.2, 0.25) is 0 Å². The van der Waals surface area contributed by atoms with E-state index in [9.17, 15) is 18.0 Å². The van der Waals surface area contributed by atoms with E-state index < -0.39 is 18.3 Å². The van der Waals surface area contributed by atoms with Crippen LogP contribution in [0.15, 0.2) is 35.1 Å². The Morgan fingerprint density at radius 1 is 1.32 bits per heavy atom. The number of rotatable bonds is 3. The van der Waals surface area contributed by atoms with Crippen LogP contribution in [0.25, 0.3) is 11.1 Å². The van der Waals surface area contributed by atoms with Crippen LogP contribution in [0, 0.1) is 18.3 Å². The molecule has 1 N–H and O–H groups in total. The predicted molar refractivity (Wildman–Crippen MR) is 73.5 cm³/mol. The molecule has 2 aromatic rings. The van der Waals surface area contributed by atoms with Crippen LogP contribution < -0.4 is 10.3 Å². The third-order valence-corrected chi connectivity index (χ3v) is 2.83. The van der Waals surface area contributed by atoms with Gasteiger partial charge in [-0.2, -0.15) is 18.4 Å². The molecule has 2 rings (SSSR count). The molecule has 0 aliphatic rings. The highest BCUT2D eigenvalue weighted by atomic mass is 19.4. The van der Waals surface area contributed by atoms with E-state index >= 15 is 0 Å². The molecule has 0 fully saturated rings. The van der Waals surface area contributed by atoms with Crippen LogP contribution in [0.1, 0.15) is 11.3 Å². The molecule has 0 unspecified atom stereocenters. The van der Waals surface area contributed by atoms with Gasteiger partial charge in [-0.3, -0.25) is 4.79 Å². The van der Waals surface area contributed by atoms with Crippen molar-refractivity contribution < 1.29 is 17.9 Å². The number of hydrogen-bond acceptors (Lipinski definition) is 3. The number of H-pyrrole nitrogens is 1. The normalized spacial score (nSPS) is 11.0. The van der Waals surface area contributed by atoms with E-state index in [0.717, 1.165) is 0 Å². The van der Waals surface area contributed by atoms with Gasteiger partial charge in [-0.15, -0.1) is 0 Å². The van der Waals surface area contributed by atoms with Crippen LogP contribution in [0.3, 0.4) is 0 Å². The van der Waals surface area contributed by atoms with Crippen molar-refractivity contribution in [2.75, 3.05) is 6.61 Å². The van der Waals surface area contributed by atoms with Crippen LogP contribution in [0.5, 0.6) is 5.75 Å². The molecule has 0 saturated heterocycles. The van der Waals surface area contributed by atoms with E-state index in [-0.39, 0.29) is 11.3 Å². The molecule has 1 aromatic carbocycles. The number of aromatic nitrogens is 1. The molecule has 7 heteroatoms. The molecular weight excluding hydrogens is 297 g/mol. The summed E-state index contributed by atoms with van der Waals surface area (Å²) in [5.41, 5.74) is 0.685. The summed E-state index contributed by atoms with van der Waals surface area (Å²) >= 11 is 0. The Balaban J connectivity index is 2.43. The van der Waals surface area contributed by atoms with Gasteiger partial charge in [0, 0.05) is 11.3 Å². The molecular formula is C15H11F3N2O2. The van der Waals surface area contributed by atoms with Gasteiger partial charge in [-0.05, 0) is 30.7 Å². The number of hydrogen-bond donors (Lipinski definition) is 1. The monoisotopic (exact) mass is 308 g/mol. The maximum Gasteiger partial charge on any atom is 0.422 e. The zero-order valence-corrected chi connectivity index (χ0v) is 11.5. The first-order chi connectivity index (χ1) is 10.3. The number of halogens is 3. The predicted octanol–water partition coefficient (Wildman–Crippen LogP) is 3.16. The van der Waals surface area contributed by atoms with Crippen LogP contribution in [-0.2, 0) is 0 Å². The Bertz CT molecular complexity index is 789. The minimum atomic E-state index is -4.44. The number of nitrogens with one attached hydrogen (secondary N) is 1. The van der Waals surface area contributed by atoms with E-state index in [2.05, 4.69) is 9.72 Å². The SMILES string of the molecule is Cc1cc(-c2cccc(OCC(F)(F)F)c2)c(C#N)c(=O)[nH]1. The summed E-state index contributed by atoms with van der Waals surface area (Å²) in [6.45, 7) is 0.242. The molecule has 0 spiro atoms. The summed E-state index contributed by atoms with van der Waals surface area (Å²) in [5, 5.41) is 9.08. The smallest absolute Gasteiger partial charge is 0.422 e. The molecule has 1 heterocycles. The van der Waals surface area contributed by atoms with Gasteiger partial charge in [0.15, 0.2) is 6.61 Å². The average molecular weight is 308 g/mol. The zero-order chi connectivity index (χ0) is 16.3. The van der Waals surface area contributed by atoms with Crippen molar-refractivity contribution in [1.82, 2.24) is 4.98 Å². The van der Waals surface area contributed by atoms with E-state index in [1.54, 1.807) is 25.1 Å². The van der Waals surface area contributed by atoms with Crippen molar-refractivity contribution >= 4 is 0 Å². The largest absolute Gasteiger partial charge is 0.484 e. The first-order valence-corrected chi connectivity index (χ1v) is 6.24. The molecule has 0 aliphatic carbocycles. The van der Waals surface area contributed by atoms with Gasteiger partial charge in [-0.25, -0.2) is 0 Å². The first kappa shape index (κ1) is 15.6. The van der Waals surface area contributed by atoms with Crippen LogP contribution in [-0.4, -0.2) is 17.8 Å². The summed E-state index contributed by atoms with van der Waals surface area (Å²) in [5.74, 6) is 0.0108. The number of aromatic amines is 1. The molecule has 0 saturated carbocycles. The lowest BCUT2D eigenvalue weighted by atomic mass is 10.0. The minimum absolute atomic E-state index is 0.0108. The Morgan fingerprint density at radius 2 is 2.05 bits per heavy atom. The molecule has 4 nitrogen and oxygen atoms in total. The van der Waals surface area contributed by atoms with E-state index in [1.807, 2.05) is 0 Å². The lowest BCUT2D eigenvalue weighted by Gasteiger charge is -2.11. The molecule has 1 aromatic heterocycles. The summed E-state index contributed by atoms with van der Waals surface area (Å²) in [4.78, 5) is 14.3. The zero-order valence-electron chi connectivity index (χ0n) is 11.5. The lowest BCUT2D eigenvalue weighted by molar-refractivity contribution is -0.153. The highest BCUT2D eigenvalue weighted by molar-refractivity contribution is 5.71. The van der Waals surface area contributed by atoms with Gasteiger partial charge in [0.25, 0.3) is 5.56 Å². The number of ether oxygens (including phenoxy) is 1. The van der Waals surface area contributed by atoms with Crippen molar-refractivity contribution in [3.63, 3.8) is 0 Å². The summed E-state index contributed by atoms with van der Waals surface area (Å²) in [7, 11) is 0. The van der Waals surface area contributed by atoms with E-state index in [4.69, 9.17) is 5.26 Å². The standard InChI is InChI=1S/C15H11F3N2O2/c1-9-5-12(13(7-19)14(21)20-9)10-3-2-4-11(6-10)22-8-15(16,17)18/h2-6H,8H2,1H3,(H,20,21). The van der Waals surface area contributed by atoms with Gasteiger partial charge in [0.05, 0.1) is 0 Å². The number of benzene rings is 1. The summed E-state index contributed by atoms with van der Waals surface area (Å²) in [6.07, 6.45) is -4.44. The fourth-order valence-corrected chi connectivity index (χ4v) is 1.95. The van der Waals surface area contributed by atoms with Gasteiger partial charge < -0.3 is 9.72 Å². The fourth-order valence-electron chi connectivity index (χ4n) is 1.95. The lowest BCUT2D eigenvalue weighted by Crippen LogP contribution is -2.19. The molecule has 0 atom stereocenters. The van der Waals surface area contributed by atoms with Crippen molar-refractivity contribution in [1.29, 1.82) is 5.26 Å². The molecule has 22 heavy (non-hydrogen) atoms. The molecule has 0 bridgehead atoms. The Kier molecular flexibility index (Phi) is 4.22. The Labute approximate surface area is 123 Å². The maximum absolute atomic E-state index is 12.2. The number of nitrogens with zero attached hydrogens (tertiary/aromatic N) is 1. The summed E-state index contributed by atoms with van der Waals surface area (Å²) in [6, 6.07) is 9.22. The quantitative estimate of drug-likeness (QED) is 0.947. The number of pyridine rings is 1. The topological polar surface area (TPSA) is 65.9 Å². The Hall–Kier alpha value is -2.75. The molecule has 0 amide bonds. The van der Waals surface area contributed by atoms with E-state index in [1.165, 1.54) is 18.2 Å².